The molecule has 0 bridgehead atoms. The highest BCUT2D eigenvalue weighted by molar-refractivity contribution is 5.78. The Kier molecular flexibility index (Phi) is 3.13. The number of nitrogens with zero attached hydrogens (tertiary/aromatic N) is 7. The van der Waals surface area contributed by atoms with E-state index in [9.17, 15) is 0 Å². The average Bonchev–Trinajstić information content (AvgIpc) is 3.19. The lowest BCUT2D eigenvalue weighted by Crippen LogP contribution is -2.05. The number of imidazole rings is 1. The van der Waals surface area contributed by atoms with Crippen LogP contribution in [0.1, 0.15) is 11.3 Å². The largest absolute Gasteiger partial charge is 0.379 e. The van der Waals surface area contributed by atoms with Crippen molar-refractivity contribution in [2.45, 2.75) is 6.54 Å². The van der Waals surface area contributed by atoms with Crippen molar-refractivity contribution in [1.82, 2.24) is 29.8 Å². The Bertz CT molecular complexity index is 1060. The van der Waals surface area contributed by atoms with Crippen molar-refractivity contribution < 1.29 is 4.63 Å². The van der Waals surface area contributed by atoms with E-state index in [1.165, 1.54) is 0 Å². The van der Waals surface area contributed by atoms with Crippen LogP contribution in [0.25, 0.3) is 22.7 Å². The van der Waals surface area contributed by atoms with Gasteiger partial charge >= 0.3 is 0 Å². The van der Waals surface area contributed by atoms with Crippen LogP contribution in [0.2, 0.25) is 0 Å². The lowest BCUT2D eigenvalue weighted by atomic mass is 10.2. The van der Waals surface area contributed by atoms with Crippen LogP contribution in [0.5, 0.6) is 0 Å². The summed E-state index contributed by atoms with van der Waals surface area (Å²) in [6.45, 7) is 0.438. The van der Waals surface area contributed by atoms with E-state index in [-0.39, 0.29) is 5.82 Å². The van der Waals surface area contributed by atoms with Gasteiger partial charge in [0.05, 0.1) is 6.54 Å². The molecule has 0 aromatic carbocycles. The maximum Gasteiger partial charge on any atom is 0.199 e. The number of rotatable bonds is 3. The second-order valence-corrected chi connectivity index (χ2v) is 5.03. The van der Waals surface area contributed by atoms with E-state index in [0.29, 0.717) is 34.9 Å². The number of hydrogen-bond acceptors (Lipinski definition) is 8. The molecular formula is C15H10N8O. The topological polar surface area (TPSA) is 132 Å². The van der Waals surface area contributed by atoms with Crippen LogP contribution in [-0.2, 0) is 6.54 Å². The number of hydrogen-bond donors (Lipinski definition) is 1. The molecule has 24 heavy (non-hydrogen) atoms. The summed E-state index contributed by atoms with van der Waals surface area (Å²) in [7, 11) is 0. The van der Waals surface area contributed by atoms with E-state index in [0.717, 1.165) is 5.56 Å². The van der Waals surface area contributed by atoms with Gasteiger partial charge in [-0.1, -0.05) is 6.07 Å². The number of nitriles is 1. The van der Waals surface area contributed by atoms with Gasteiger partial charge in [0.15, 0.2) is 23.0 Å². The van der Waals surface area contributed by atoms with E-state index in [4.69, 9.17) is 11.0 Å². The molecule has 4 heterocycles. The number of fused-ring (bicyclic) bond motifs is 1. The molecule has 2 N–H and O–H groups in total. The van der Waals surface area contributed by atoms with Gasteiger partial charge in [-0.3, -0.25) is 0 Å². The summed E-state index contributed by atoms with van der Waals surface area (Å²) in [6.07, 6.45) is 3.33. The fraction of sp³-hybridized carbons (Fsp3) is 0.0667. The normalized spacial score (nSPS) is 10.8. The Morgan fingerprint density at radius 1 is 1.21 bits per heavy atom. The monoisotopic (exact) mass is 318 g/mol. The second-order valence-electron chi connectivity index (χ2n) is 5.03. The molecule has 0 atom stereocenters. The maximum atomic E-state index is 8.85. The van der Waals surface area contributed by atoms with Crippen molar-refractivity contribution in [2.24, 2.45) is 0 Å². The first-order chi connectivity index (χ1) is 11.8. The van der Waals surface area contributed by atoms with Gasteiger partial charge < -0.3 is 10.3 Å². The standard InChI is InChI=1S/C15H10N8O/c16-6-10-4-3-9(7-19-10)8-23-14-11(2-1-5-18-14)20-15(23)12-13(17)22-24-21-12/h1-5,7H,8H2,(H2,17,22). The summed E-state index contributed by atoms with van der Waals surface area (Å²) in [5.74, 6) is 0.663. The van der Waals surface area contributed by atoms with E-state index in [2.05, 4.69) is 29.9 Å². The summed E-state index contributed by atoms with van der Waals surface area (Å²) < 4.78 is 6.54. The molecule has 4 aromatic heterocycles. The van der Waals surface area contributed by atoms with E-state index in [1.807, 2.05) is 22.8 Å². The molecule has 9 heteroatoms. The predicted octanol–water partition coefficient (Wildman–Crippen LogP) is 1.38. The quantitative estimate of drug-likeness (QED) is 0.599. The van der Waals surface area contributed by atoms with Crippen LogP contribution >= 0.6 is 0 Å². The van der Waals surface area contributed by atoms with Crippen molar-refractivity contribution in [3.05, 3.63) is 47.9 Å². The molecule has 0 saturated heterocycles. The van der Waals surface area contributed by atoms with Gasteiger partial charge in [-0.2, -0.15) is 5.26 Å². The molecule has 0 fully saturated rings. The van der Waals surface area contributed by atoms with Crippen LogP contribution < -0.4 is 5.73 Å². The number of pyridine rings is 2. The first-order valence-electron chi connectivity index (χ1n) is 7.01. The highest BCUT2D eigenvalue weighted by Crippen LogP contribution is 2.26. The van der Waals surface area contributed by atoms with Crippen molar-refractivity contribution >= 4 is 17.0 Å². The fourth-order valence-electron chi connectivity index (χ4n) is 2.41. The molecule has 0 radical (unpaired) electrons. The number of anilines is 1. The van der Waals surface area contributed by atoms with Gasteiger partial charge in [-0.25, -0.2) is 19.6 Å². The second kappa shape index (κ2) is 5.44. The van der Waals surface area contributed by atoms with Gasteiger partial charge in [-0.15, -0.1) is 0 Å². The zero-order valence-electron chi connectivity index (χ0n) is 12.3. The lowest BCUT2D eigenvalue weighted by Gasteiger charge is -2.07. The first-order valence-corrected chi connectivity index (χ1v) is 7.01. The smallest absolute Gasteiger partial charge is 0.199 e. The minimum Gasteiger partial charge on any atom is -0.379 e. The van der Waals surface area contributed by atoms with Crippen LogP contribution in [0, 0.1) is 11.3 Å². The summed E-state index contributed by atoms with van der Waals surface area (Å²) in [6, 6.07) is 9.14. The number of nitrogens with two attached hydrogens (primary N) is 1. The molecule has 0 spiro atoms. The van der Waals surface area contributed by atoms with Gasteiger partial charge in [0, 0.05) is 12.4 Å². The Labute approximate surface area is 135 Å². The van der Waals surface area contributed by atoms with Gasteiger partial charge in [0.1, 0.15) is 17.3 Å². The lowest BCUT2D eigenvalue weighted by molar-refractivity contribution is 0.310. The molecule has 116 valence electrons. The van der Waals surface area contributed by atoms with Gasteiger partial charge in [0.25, 0.3) is 0 Å². The fourth-order valence-corrected chi connectivity index (χ4v) is 2.41. The molecule has 0 aliphatic carbocycles. The molecule has 4 aromatic rings. The summed E-state index contributed by atoms with van der Waals surface area (Å²) >= 11 is 0. The van der Waals surface area contributed by atoms with Crippen molar-refractivity contribution in [3.63, 3.8) is 0 Å². The van der Waals surface area contributed by atoms with Crippen molar-refractivity contribution in [2.75, 3.05) is 5.73 Å². The third-order valence-corrected chi connectivity index (χ3v) is 3.51. The highest BCUT2D eigenvalue weighted by atomic mass is 16.6. The van der Waals surface area contributed by atoms with Crippen LogP contribution in [-0.4, -0.2) is 29.8 Å². The predicted molar refractivity (Wildman–Crippen MR) is 83.3 cm³/mol. The van der Waals surface area contributed by atoms with Crippen LogP contribution in [0.15, 0.2) is 41.3 Å². The Balaban J connectivity index is 1.86. The summed E-state index contributed by atoms with van der Waals surface area (Å²) in [5.41, 5.74) is 8.79. The Hall–Kier alpha value is -3.80. The van der Waals surface area contributed by atoms with Crippen molar-refractivity contribution in [1.29, 1.82) is 5.26 Å². The summed E-state index contributed by atoms with van der Waals surface area (Å²) in [5, 5.41) is 16.3. The Morgan fingerprint density at radius 2 is 2.12 bits per heavy atom. The number of nitrogen functional groups attached to an aromatic ring is 1. The Morgan fingerprint density at radius 3 is 2.83 bits per heavy atom. The molecule has 0 amide bonds. The minimum atomic E-state index is 0.157. The molecule has 0 aliphatic rings. The van der Waals surface area contributed by atoms with E-state index in [1.54, 1.807) is 24.5 Å². The SMILES string of the molecule is N#Cc1ccc(Cn2c(-c3nonc3N)nc3cccnc32)cn1. The molecule has 0 saturated carbocycles. The van der Waals surface area contributed by atoms with E-state index >= 15 is 0 Å². The third kappa shape index (κ3) is 2.22. The molecular weight excluding hydrogens is 308 g/mol. The van der Waals surface area contributed by atoms with Crippen LogP contribution in [0.4, 0.5) is 5.82 Å². The van der Waals surface area contributed by atoms with E-state index < -0.39 is 0 Å². The maximum absolute atomic E-state index is 8.85. The average molecular weight is 318 g/mol. The summed E-state index contributed by atoms with van der Waals surface area (Å²) in [4.78, 5) is 13.0. The highest BCUT2D eigenvalue weighted by Gasteiger charge is 2.19. The minimum absolute atomic E-state index is 0.157. The molecule has 0 unspecified atom stereocenters. The van der Waals surface area contributed by atoms with Crippen LogP contribution in [0.3, 0.4) is 0 Å². The zero-order valence-corrected chi connectivity index (χ0v) is 12.3. The zero-order chi connectivity index (χ0) is 16.5. The van der Waals surface area contributed by atoms with Crippen molar-refractivity contribution in [3.8, 4) is 17.6 Å². The van der Waals surface area contributed by atoms with Gasteiger partial charge in [-0.05, 0) is 34.1 Å². The number of aromatic nitrogens is 6. The molecule has 4 rings (SSSR count). The third-order valence-electron chi connectivity index (χ3n) is 3.51. The van der Waals surface area contributed by atoms with Gasteiger partial charge in [0.2, 0.25) is 0 Å². The molecule has 9 nitrogen and oxygen atoms in total. The molecule has 0 aliphatic heterocycles. The first kappa shape index (κ1) is 13.8.